The molecule has 0 heterocycles. The molecule has 0 bridgehead atoms. The fourth-order valence-electron chi connectivity index (χ4n) is 4.62. The molecule has 0 aromatic heterocycles. The maximum Gasteiger partial charge on any atom is 0.335 e. The molecule has 0 spiro atoms. The van der Waals surface area contributed by atoms with E-state index in [1.165, 1.54) is 57.8 Å². The molecule has 0 aliphatic carbocycles. The average Bonchev–Trinajstić information content (AvgIpc) is 2.87. The summed E-state index contributed by atoms with van der Waals surface area (Å²) in [5.74, 6) is 2.79. The Hall–Kier alpha value is -1.91. The van der Waals surface area contributed by atoms with Crippen molar-refractivity contribution in [3.8, 4) is 17.2 Å². The molecule has 5 heteroatoms. The summed E-state index contributed by atoms with van der Waals surface area (Å²) in [7, 11) is 0. The highest BCUT2D eigenvalue weighted by Gasteiger charge is 2.19. The van der Waals surface area contributed by atoms with Gasteiger partial charge in [0, 0.05) is 0 Å². The Balaban J connectivity index is 2.77. The zero-order valence-electron chi connectivity index (χ0n) is 26.2. The van der Waals surface area contributed by atoms with Crippen molar-refractivity contribution in [3.63, 3.8) is 0 Å². The number of hydrogen-bond donors (Lipinski definition) is 1. The Morgan fingerprint density at radius 3 is 1.23 bits per heavy atom. The molecule has 0 saturated carbocycles. The number of unbranched alkanes of at least 4 members (excludes halogenated alkanes) is 9. The Morgan fingerprint density at radius 1 is 0.564 bits per heavy atom. The molecule has 0 saturated heterocycles. The summed E-state index contributed by atoms with van der Waals surface area (Å²) < 4.78 is 18.5. The van der Waals surface area contributed by atoms with Crippen molar-refractivity contribution in [2.45, 2.75) is 138 Å². The maximum absolute atomic E-state index is 11.9. The number of hydrogen-bond acceptors (Lipinski definition) is 4. The summed E-state index contributed by atoms with van der Waals surface area (Å²) in [6.07, 6.45) is 17.3. The van der Waals surface area contributed by atoms with Gasteiger partial charge in [-0.2, -0.15) is 0 Å². The van der Waals surface area contributed by atoms with Crippen LogP contribution in [0, 0.1) is 17.8 Å². The quantitative estimate of drug-likeness (QED) is 0.123. The van der Waals surface area contributed by atoms with Gasteiger partial charge in [0.15, 0.2) is 11.5 Å². The Morgan fingerprint density at radius 2 is 0.897 bits per heavy atom. The molecular weight excluding hydrogens is 488 g/mol. The largest absolute Gasteiger partial charge is 0.490 e. The third-order valence-corrected chi connectivity index (χ3v) is 7.06. The summed E-state index contributed by atoms with van der Waals surface area (Å²) in [6.45, 7) is 15.3. The SMILES string of the molecule is CC(C)CCCCCCOc1cc(C(=O)O)cc(OCCCCCCC(C)C)c1OCCCCCCC(C)C. The molecule has 0 radical (unpaired) electrons. The second-order valence-electron chi connectivity index (χ2n) is 12.4. The minimum Gasteiger partial charge on any atom is -0.490 e. The van der Waals surface area contributed by atoms with E-state index < -0.39 is 5.97 Å². The lowest BCUT2D eigenvalue weighted by Crippen LogP contribution is -2.08. The van der Waals surface area contributed by atoms with Gasteiger partial charge in [-0.05, 0) is 49.1 Å². The van der Waals surface area contributed by atoms with E-state index in [2.05, 4.69) is 41.5 Å². The molecule has 0 fully saturated rings. The molecule has 1 aromatic rings. The first kappa shape index (κ1) is 35.1. The van der Waals surface area contributed by atoms with Gasteiger partial charge in [-0.25, -0.2) is 4.79 Å². The van der Waals surface area contributed by atoms with E-state index in [1.54, 1.807) is 12.1 Å². The number of carboxylic acids is 1. The first-order chi connectivity index (χ1) is 18.7. The number of aromatic carboxylic acids is 1. The molecule has 226 valence electrons. The molecule has 1 rings (SSSR count). The zero-order chi connectivity index (χ0) is 28.9. The lowest BCUT2D eigenvalue weighted by molar-refractivity contribution is 0.0695. The van der Waals surface area contributed by atoms with Crippen molar-refractivity contribution in [2.75, 3.05) is 19.8 Å². The molecule has 39 heavy (non-hydrogen) atoms. The summed E-state index contributed by atoms with van der Waals surface area (Å²) in [5.41, 5.74) is 0.176. The topological polar surface area (TPSA) is 65.0 Å². The van der Waals surface area contributed by atoms with Crippen LogP contribution in [0.5, 0.6) is 17.2 Å². The van der Waals surface area contributed by atoms with Gasteiger partial charge in [-0.3, -0.25) is 0 Å². The molecule has 0 unspecified atom stereocenters. The lowest BCUT2D eigenvalue weighted by Gasteiger charge is -2.18. The van der Waals surface area contributed by atoms with E-state index in [9.17, 15) is 9.90 Å². The minimum absolute atomic E-state index is 0.176. The molecule has 0 amide bonds. The third-order valence-electron chi connectivity index (χ3n) is 7.06. The second-order valence-corrected chi connectivity index (χ2v) is 12.4. The summed E-state index contributed by atoms with van der Waals surface area (Å²) in [5, 5.41) is 9.74. The van der Waals surface area contributed by atoms with Crippen LogP contribution in [0.1, 0.15) is 148 Å². The van der Waals surface area contributed by atoms with Crippen LogP contribution >= 0.6 is 0 Å². The third kappa shape index (κ3) is 18.1. The van der Waals surface area contributed by atoms with Gasteiger partial charge in [0.25, 0.3) is 0 Å². The average molecular weight is 549 g/mol. The van der Waals surface area contributed by atoms with Crippen LogP contribution in [-0.4, -0.2) is 30.9 Å². The standard InChI is InChI=1S/C34H60O5/c1-27(2)19-13-7-10-16-22-37-31-25-30(34(35)36)26-32(38-23-17-11-8-14-20-28(3)4)33(31)39-24-18-12-9-15-21-29(5)6/h25-29H,7-24H2,1-6H3,(H,35,36). The summed E-state index contributed by atoms with van der Waals surface area (Å²) in [4.78, 5) is 11.9. The van der Waals surface area contributed by atoms with Gasteiger partial charge >= 0.3 is 5.97 Å². The van der Waals surface area contributed by atoms with Gasteiger partial charge in [0.05, 0.1) is 25.4 Å². The molecule has 0 atom stereocenters. The van der Waals surface area contributed by atoms with Gasteiger partial charge in [0.2, 0.25) is 5.75 Å². The van der Waals surface area contributed by atoms with E-state index in [0.717, 1.165) is 56.3 Å². The highest BCUT2D eigenvalue weighted by Crippen LogP contribution is 2.39. The first-order valence-corrected chi connectivity index (χ1v) is 16.0. The molecule has 0 aliphatic heterocycles. The van der Waals surface area contributed by atoms with Crippen LogP contribution in [-0.2, 0) is 0 Å². The van der Waals surface area contributed by atoms with Crippen molar-refractivity contribution in [1.29, 1.82) is 0 Å². The van der Waals surface area contributed by atoms with E-state index >= 15 is 0 Å². The van der Waals surface area contributed by atoms with Gasteiger partial charge in [-0.15, -0.1) is 0 Å². The highest BCUT2D eigenvalue weighted by atomic mass is 16.5. The minimum atomic E-state index is -0.983. The van der Waals surface area contributed by atoms with Crippen LogP contribution < -0.4 is 14.2 Å². The number of ether oxygens (including phenoxy) is 3. The van der Waals surface area contributed by atoms with Crippen LogP contribution in [0.4, 0.5) is 0 Å². The number of carbonyl (C=O) groups is 1. The zero-order valence-corrected chi connectivity index (χ0v) is 26.2. The van der Waals surface area contributed by atoms with E-state index in [4.69, 9.17) is 14.2 Å². The predicted molar refractivity (Wildman–Crippen MR) is 164 cm³/mol. The van der Waals surface area contributed by atoms with Gasteiger partial charge < -0.3 is 19.3 Å². The van der Waals surface area contributed by atoms with E-state index in [1.807, 2.05) is 0 Å². The van der Waals surface area contributed by atoms with Crippen molar-refractivity contribution in [1.82, 2.24) is 0 Å². The summed E-state index contributed by atoms with van der Waals surface area (Å²) >= 11 is 0. The van der Waals surface area contributed by atoms with Crippen molar-refractivity contribution < 1.29 is 24.1 Å². The van der Waals surface area contributed by atoms with Crippen LogP contribution in [0.25, 0.3) is 0 Å². The molecule has 1 aromatic carbocycles. The molecule has 0 aliphatic rings. The lowest BCUT2D eigenvalue weighted by atomic mass is 10.0. The highest BCUT2D eigenvalue weighted by molar-refractivity contribution is 5.89. The van der Waals surface area contributed by atoms with E-state index in [0.29, 0.717) is 37.1 Å². The van der Waals surface area contributed by atoms with Crippen molar-refractivity contribution in [2.24, 2.45) is 17.8 Å². The predicted octanol–water partition coefficient (Wildman–Crippen LogP) is 10.3. The number of rotatable bonds is 25. The molecular formula is C34H60O5. The summed E-state index contributed by atoms with van der Waals surface area (Å²) in [6, 6.07) is 3.19. The van der Waals surface area contributed by atoms with Gasteiger partial charge in [0.1, 0.15) is 0 Å². The molecule has 5 nitrogen and oxygen atoms in total. The second kappa shape index (κ2) is 21.9. The fraction of sp³-hybridized carbons (Fsp3) is 0.794. The Labute approximate surface area is 240 Å². The normalized spacial score (nSPS) is 11.5. The van der Waals surface area contributed by atoms with Gasteiger partial charge in [-0.1, -0.05) is 119 Å². The van der Waals surface area contributed by atoms with Crippen LogP contribution in [0.2, 0.25) is 0 Å². The number of carboxylic acid groups (broad SMARTS) is 1. The fourth-order valence-corrected chi connectivity index (χ4v) is 4.62. The maximum atomic E-state index is 11.9. The monoisotopic (exact) mass is 548 g/mol. The first-order valence-electron chi connectivity index (χ1n) is 16.0. The van der Waals surface area contributed by atoms with Crippen LogP contribution in [0.15, 0.2) is 12.1 Å². The smallest absolute Gasteiger partial charge is 0.335 e. The Bertz CT molecular complexity index is 713. The number of benzene rings is 1. The van der Waals surface area contributed by atoms with Crippen LogP contribution in [0.3, 0.4) is 0 Å². The Kier molecular flexibility index (Phi) is 19.7. The van der Waals surface area contributed by atoms with Crippen molar-refractivity contribution in [3.05, 3.63) is 17.7 Å². The molecule has 1 N–H and O–H groups in total. The van der Waals surface area contributed by atoms with E-state index in [-0.39, 0.29) is 5.56 Å². The van der Waals surface area contributed by atoms with Crippen molar-refractivity contribution >= 4 is 5.97 Å².